The van der Waals surface area contributed by atoms with Crippen LogP contribution in [0.5, 0.6) is 5.75 Å². The van der Waals surface area contributed by atoms with Crippen molar-refractivity contribution in [2.75, 3.05) is 20.8 Å². The van der Waals surface area contributed by atoms with Gasteiger partial charge >= 0.3 is 5.97 Å². The molecule has 6 heteroatoms. The summed E-state index contributed by atoms with van der Waals surface area (Å²) in [5.41, 5.74) is 1.45. The molecule has 6 nitrogen and oxygen atoms in total. The molecule has 25 heavy (non-hydrogen) atoms. The zero-order chi connectivity index (χ0) is 17.8. The SMILES string of the molecule is COC(=O)C1CCC(CNC(=O)c2cc3cc(OC)ccc3[nH]2)CC1. The summed E-state index contributed by atoms with van der Waals surface area (Å²) in [6.45, 7) is 0.630. The van der Waals surface area contributed by atoms with Crippen LogP contribution in [0.4, 0.5) is 0 Å². The van der Waals surface area contributed by atoms with Gasteiger partial charge in [-0.3, -0.25) is 9.59 Å². The largest absolute Gasteiger partial charge is 0.497 e. The number of fused-ring (bicyclic) bond motifs is 1. The van der Waals surface area contributed by atoms with E-state index in [4.69, 9.17) is 9.47 Å². The summed E-state index contributed by atoms with van der Waals surface area (Å²) >= 11 is 0. The van der Waals surface area contributed by atoms with Crippen molar-refractivity contribution < 1.29 is 19.1 Å². The Morgan fingerprint density at radius 3 is 2.60 bits per heavy atom. The Morgan fingerprint density at radius 1 is 1.16 bits per heavy atom. The molecule has 1 aromatic carbocycles. The maximum Gasteiger partial charge on any atom is 0.308 e. The molecule has 1 fully saturated rings. The fourth-order valence-electron chi connectivity index (χ4n) is 3.46. The van der Waals surface area contributed by atoms with Crippen LogP contribution in [0.1, 0.15) is 36.2 Å². The molecule has 0 unspecified atom stereocenters. The van der Waals surface area contributed by atoms with Crippen LogP contribution < -0.4 is 10.1 Å². The summed E-state index contributed by atoms with van der Waals surface area (Å²) < 4.78 is 10.0. The Morgan fingerprint density at radius 2 is 1.92 bits per heavy atom. The molecule has 0 radical (unpaired) electrons. The van der Waals surface area contributed by atoms with E-state index in [0.29, 0.717) is 18.2 Å². The third kappa shape index (κ3) is 3.95. The molecule has 1 saturated carbocycles. The number of carbonyl (C=O) groups excluding carboxylic acids is 2. The van der Waals surface area contributed by atoms with E-state index in [1.54, 1.807) is 7.11 Å². The number of methoxy groups -OCH3 is 2. The minimum absolute atomic E-state index is 0.0145. The molecule has 1 heterocycles. The standard InChI is InChI=1S/C19H24N2O4/c1-24-15-7-8-16-14(9-15)10-17(21-16)18(22)20-11-12-3-5-13(6-4-12)19(23)25-2/h7-10,12-13,21H,3-6,11H2,1-2H3,(H,20,22). The lowest BCUT2D eigenvalue weighted by Gasteiger charge is -2.26. The first-order valence-electron chi connectivity index (χ1n) is 8.63. The second-order valence-corrected chi connectivity index (χ2v) is 6.59. The number of aromatic nitrogens is 1. The minimum atomic E-state index is -0.115. The molecule has 2 aromatic rings. The number of carbonyl (C=O) groups is 2. The van der Waals surface area contributed by atoms with Crippen LogP contribution in [0, 0.1) is 11.8 Å². The van der Waals surface area contributed by atoms with Gasteiger partial charge in [-0.2, -0.15) is 0 Å². The highest BCUT2D eigenvalue weighted by Gasteiger charge is 2.27. The summed E-state index contributed by atoms with van der Waals surface area (Å²) in [6, 6.07) is 7.50. The summed E-state index contributed by atoms with van der Waals surface area (Å²) in [5, 5.41) is 3.95. The molecule has 0 spiro atoms. The van der Waals surface area contributed by atoms with Crippen LogP contribution >= 0.6 is 0 Å². The first-order chi connectivity index (χ1) is 12.1. The van der Waals surface area contributed by atoms with E-state index in [-0.39, 0.29) is 17.8 Å². The third-order valence-corrected chi connectivity index (χ3v) is 5.01. The van der Waals surface area contributed by atoms with Gasteiger partial charge < -0.3 is 19.8 Å². The fourth-order valence-corrected chi connectivity index (χ4v) is 3.46. The van der Waals surface area contributed by atoms with Crippen LogP contribution in [0.25, 0.3) is 10.9 Å². The molecule has 0 saturated heterocycles. The molecule has 1 aromatic heterocycles. The molecule has 0 aliphatic heterocycles. The predicted molar refractivity (Wildman–Crippen MR) is 94.6 cm³/mol. The minimum Gasteiger partial charge on any atom is -0.497 e. The average molecular weight is 344 g/mol. The van der Waals surface area contributed by atoms with E-state index < -0.39 is 0 Å². The van der Waals surface area contributed by atoms with Crippen molar-refractivity contribution in [3.05, 3.63) is 30.0 Å². The Balaban J connectivity index is 1.54. The highest BCUT2D eigenvalue weighted by molar-refractivity contribution is 5.98. The molecule has 2 N–H and O–H groups in total. The Hall–Kier alpha value is -2.50. The van der Waals surface area contributed by atoms with Gasteiger partial charge in [0.1, 0.15) is 11.4 Å². The normalized spacial score (nSPS) is 20.2. The Labute approximate surface area is 146 Å². The van der Waals surface area contributed by atoms with Crippen molar-refractivity contribution in [3.8, 4) is 5.75 Å². The Bertz CT molecular complexity index is 760. The van der Waals surface area contributed by atoms with Crippen LogP contribution in [0.3, 0.4) is 0 Å². The van der Waals surface area contributed by atoms with Crippen molar-refractivity contribution in [3.63, 3.8) is 0 Å². The van der Waals surface area contributed by atoms with Crippen LogP contribution in [0.2, 0.25) is 0 Å². The molecule has 1 aliphatic carbocycles. The van der Waals surface area contributed by atoms with Gasteiger partial charge in [0.15, 0.2) is 0 Å². The number of aromatic amines is 1. The van der Waals surface area contributed by atoms with Gasteiger partial charge in [0.25, 0.3) is 5.91 Å². The van der Waals surface area contributed by atoms with E-state index in [2.05, 4.69) is 10.3 Å². The number of hydrogen-bond acceptors (Lipinski definition) is 4. The van der Waals surface area contributed by atoms with Gasteiger partial charge in [-0.15, -0.1) is 0 Å². The van der Waals surface area contributed by atoms with Crippen molar-refractivity contribution in [2.45, 2.75) is 25.7 Å². The quantitative estimate of drug-likeness (QED) is 0.817. The predicted octanol–water partition coefficient (Wildman–Crippen LogP) is 2.89. The highest BCUT2D eigenvalue weighted by Crippen LogP contribution is 2.29. The highest BCUT2D eigenvalue weighted by atomic mass is 16.5. The maximum atomic E-state index is 12.4. The summed E-state index contributed by atoms with van der Waals surface area (Å²) in [7, 11) is 3.06. The molecule has 0 atom stereocenters. The van der Waals surface area contributed by atoms with Gasteiger partial charge in [-0.25, -0.2) is 0 Å². The van der Waals surface area contributed by atoms with E-state index in [1.807, 2.05) is 24.3 Å². The zero-order valence-electron chi connectivity index (χ0n) is 14.6. The van der Waals surface area contributed by atoms with Gasteiger partial charge in [-0.05, 0) is 55.9 Å². The molecule has 1 aliphatic rings. The second kappa shape index (κ2) is 7.59. The summed E-state index contributed by atoms with van der Waals surface area (Å²) in [6.07, 6.45) is 3.53. The molecular weight excluding hydrogens is 320 g/mol. The molecular formula is C19H24N2O4. The lowest BCUT2D eigenvalue weighted by atomic mass is 9.82. The number of hydrogen-bond donors (Lipinski definition) is 2. The van der Waals surface area contributed by atoms with Crippen LogP contribution in [0.15, 0.2) is 24.3 Å². The number of amides is 1. The van der Waals surface area contributed by atoms with Gasteiger partial charge in [-0.1, -0.05) is 0 Å². The monoisotopic (exact) mass is 344 g/mol. The molecule has 3 rings (SSSR count). The van der Waals surface area contributed by atoms with E-state index in [9.17, 15) is 9.59 Å². The third-order valence-electron chi connectivity index (χ3n) is 5.01. The first-order valence-corrected chi connectivity index (χ1v) is 8.63. The van der Waals surface area contributed by atoms with E-state index >= 15 is 0 Å². The van der Waals surface area contributed by atoms with Gasteiger partial charge in [0.05, 0.1) is 20.1 Å². The average Bonchev–Trinajstić information content (AvgIpc) is 3.09. The second-order valence-electron chi connectivity index (χ2n) is 6.59. The van der Waals surface area contributed by atoms with Crippen molar-refractivity contribution in [1.29, 1.82) is 0 Å². The lowest BCUT2D eigenvalue weighted by molar-refractivity contribution is -0.146. The number of H-pyrrole nitrogens is 1. The maximum absolute atomic E-state index is 12.4. The smallest absolute Gasteiger partial charge is 0.308 e. The molecule has 0 bridgehead atoms. The van der Waals surface area contributed by atoms with E-state index in [1.165, 1.54) is 7.11 Å². The number of ether oxygens (including phenoxy) is 2. The summed E-state index contributed by atoms with van der Waals surface area (Å²) in [4.78, 5) is 27.1. The molecule has 134 valence electrons. The topological polar surface area (TPSA) is 80.4 Å². The lowest BCUT2D eigenvalue weighted by Crippen LogP contribution is -2.32. The van der Waals surface area contributed by atoms with Crippen LogP contribution in [-0.4, -0.2) is 37.6 Å². The van der Waals surface area contributed by atoms with Crippen LogP contribution in [-0.2, 0) is 9.53 Å². The van der Waals surface area contributed by atoms with Crippen molar-refractivity contribution in [1.82, 2.24) is 10.3 Å². The van der Waals surface area contributed by atoms with Gasteiger partial charge in [0, 0.05) is 17.4 Å². The number of esters is 1. The van der Waals surface area contributed by atoms with E-state index in [0.717, 1.165) is 42.3 Å². The number of benzene rings is 1. The first kappa shape index (κ1) is 17.3. The van der Waals surface area contributed by atoms with Crippen molar-refractivity contribution >= 4 is 22.8 Å². The van der Waals surface area contributed by atoms with Gasteiger partial charge in [0.2, 0.25) is 0 Å². The Kier molecular flexibility index (Phi) is 5.26. The number of nitrogens with one attached hydrogen (secondary N) is 2. The molecule has 1 amide bonds. The van der Waals surface area contributed by atoms with Crippen molar-refractivity contribution in [2.24, 2.45) is 11.8 Å². The zero-order valence-corrected chi connectivity index (χ0v) is 14.6. The fraction of sp³-hybridized carbons (Fsp3) is 0.474. The number of rotatable bonds is 5. The summed E-state index contributed by atoms with van der Waals surface area (Å²) in [5.74, 6) is 0.969.